The van der Waals surface area contributed by atoms with Crippen molar-refractivity contribution in [2.75, 3.05) is 12.4 Å². The number of amides is 2. The maximum absolute atomic E-state index is 13.4. The van der Waals surface area contributed by atoms with Crippen molar-refractivity contribution in [1.82, 2.24) is 4.90 Å². The van der Waals surface area contributed by atoms with Crippen LogP contribution in [0.25, 0.3) is 0 Å². The van der Waals surface area contributed by atoms with Crippen molar-refractivity contribution in [2.45, 2.75) is 25.6 Å². The first-order chi connectivity index (χ1) is 15.5. The first-order valence-electron chi connectivity index (χ1n) is 10.3. The third-order valence-electron chi connectivity index (χ3n) is 5.91. The van der Waals surface area contributed by atoms with Crippen LogP contribution in [0.1, 0.15) is 27.0 Å². The quantitative estimate of drug-likeness (QED) is 0.662. The number of methoxy groups -OCH3 is 1. The lowest BCUT2D eigenvalue weighted by Crippen LogP contribution is -2.48. The van der Waals surface area contributed by atoms with Gasteiger partial charge < -0.3 is 24.8 Å². The topological polar surface area (TPSA) is 88.1 Å². The Balaban J connectivity index is 1.49. The summed E-state index contributed by atoms with van der Waals surface area (Å²) in [6.07, 6.45) is 0.385. The van der Waals surface area contributed by atoms with E-state index in [0.717, 1.165) is 16.7 Å². The smallest absolute Gasteiger partial charge is 0.257 e. The van der Waals surface area contributed by atoms with Gasteiger partial charge in [-0.2, -0.15) is 0 Å². The Bertz CT molecular complexity index is 1210. The molecule has 2 aliphatic heterocycles. The molecule has 2 heterocycles. The van der Waals surface area contributed by atoms with Crippen LogP contribution >= 0.6 is 0 Å². The van der Waals surface area contributed by atoms with Crippen LogP contribution in [-0.4, -0.2) is 35.0 Å². The van der Waals surface area contributed by atoms with Crippen LogP contribution in [0, 0.1) is 0 Å². The second-order valence-corrected chi connectivity index (χ2v) is 7.92. The number of hydrogen-bond acceptors (Lipinski definition) is 5. The van der Waals surface area contributed by atoms with Gasteiger partial charge in [0, 0.05) is 19.0 Å². The van der Waals surface area contributed by atoms with Gasteiger partial charge in [-0.05, 0) is 34.9 Å². The zero-order chi connectivity index (χ0) is 22.2. The minimum Gasteiger partial charge on any atom is -0.508 e. The van der Waals surface area contributed by atoms with E-state index < -0.39 is 6.04 Å². The van der Waals surface area contributed by atoms with Crippen molar-refractivity contribution in [1.29, 1.82) is 0 Å². The molecule has 0 radical (unpaired) electrons. The third kappa shape index (κ3) is 3.51. The molecule has 7 nitrogen and oxygen atoms in total. The van der Waals surface area contributed by atoms with Crippen LogP contribution < -0.4 is 14.8 Å². The predicted molar refractivity (Wildman–Crippen MR) is 118 cm³/mol. The number of phenolic OH excluding ortho intramolecular Hbond substituents is 1. The summed E-state index contributed by atoms with van der Waals surface area (Å²) in [6.45, 7) is 0.570. The summed E-state index contributed by atoms with van der Waals surface area (Å²) in [5.74, 6) is 0.462. The molecule has 0 bridgehead atoms. The molecule has 162 valence electrons. The molecule has 7 heteroatoms. The molecule has 0 aliphatic carbocycles. The van der Waals surface area contributed by atoms with E-state index >= 15 is 0 Å². The highest BCUT2D eigenvalue weighted by molar-refractivity contribution is 6.10. The molecule has 0 spiro atoms. The van der Waals surface area contributed by atoms with Gasteiger partial charge in [0.05, 0.1) is 18.4 Å². The standard InChI is InChI=1S/C25H22N2O5/c1-31-22-11-19-20(12-23(22)32-14-15-5-3-2-4-6-15)26-24(29)21-10-16-7-8-18(28)9-17(16)13-27(21)25(19)30/h2-9,11-12,21,28H,10,13-14H2,1H3,(H,26,29)/t21-/m0/s1. The number of ether oxygens (including phenoxy) is 2. The van der Waals surface area contributed by atoms with Gasteiger partial charge in [-0.25, -0.2) is 0 Å². The van der Waals surface area contributed by atoms with Crippen LogP contribution in [0.5, 0.6) is 17.2 Å². The van der Waals surface area contributed by atoms with Crippen LogP contribution in [0.2, 0.25) is 0 Å². The first-order valence-corrected chi connectivity index (χ1v) is 10.3. The van der Waals surface area contributed by atoms with Gasteiger partial charge >= 0.3 is 0 Å². The van der Waals surface area contributed by atoms with E-state index in [9.17, 15) is 14.7 Å². The second kappa shape index (κ2) is 7.92. The summed E-state index contributed by atoms with van der Waals surface area (Å²) >= 11 is 0. The highest BCUT2D eigenvalue weighted by Crippen LogP contribution is 2.38. The highest BCUT2D eigenvalue weighted by Gasteiger charge is 2.39. The van der Waals surface area contributed by atoms with Gasteiger partial charge in [0.1, 0.15) is 18.4 Å². The Hall–Kier alpha value is -4.00. The van der Waals surface area contributed by atoms with E-state index in [4.69, 9.17) is 9.47 Å². The number of benzene rings is 3. The Kier molecular flexibility index (Phi) is 4.93. The zero-order valence-electron chi connectivity index (χ0n) is 17.5. The van der Waals surface area contributed by atoms with Crippen molar-refractivity contribution in [3.8, 4) is 17.2 Å². The molecule has 2 amide bonds. The summed E-state index contributed by atoms with van der Waals surface area (Å²) < 4.78 is 11.4. The minimum absolute atomic E-state index is 0.135. The molecule has 0 fully saturated rings. The lowest BCUT2D eigenvalue weighted by molar-refractivity contribution is -0.120. The first kappa shape index (κ1) is 19.9. The zero-order valence-corrected chi connectivity index (χ0v) is 17.5. The molecular formula is C25H22N2O5. The fourth-order valence-electron chi connectivity index (χ4n) is 4.24. The van der Waals surface area contributed by atoms with Gasteiger partial charge in [-0.1, -0.05) is 36.4 Å². The maximum atomic E-state index is 13.4. The molecule has 32 heavy (non-hydrogen) atoms. The second-order valence-electron chi connectivity index (χ2n) is 7.92. The summed E-state index contributed by atoms with van der Waals surface area (Å²) in [5.41, 5.74) is 3.50. The number of nitrogens with one attached hydrogen (secondary N) is 1. The fraction of sp³-hybridized carbons (Fsp3) is 0.200. The van der Waals surface area contributed by atoms with Crippen LogP contribution in [0.15, 0.2) is 60.7 Å². The Morgan fingerprint density at radius 3 is 2.62 bits per heavy atom. The average Bonchev–Trinajstić information content (AvgIpc) is 2.90. The molecule has 2 aliphatic rings. The molecule has 0 saturated carbocycles. The van der Waals surface area contributed by atoms with Gasteiger partial charge in [0.15, 0.2) is 11.5 Å². The molecule has 1 atom stereocenters. The lowest BCUT2D eigenvalue weighted by atomic mass is 9.93. The summed E-state index contributed by atoms with van der Waals surface area (Å²) in [6, 6.07) is 17.4. The lowest BCUT2D eigenvalue weighted by Gasteiger charge is -2.34. The third-order valence-corrected chi connectivity index (χ3v) is 5.91. The molecular weight excluding hydrogens is 408 g/mol. The largest absolute Gasteiger partial charge is 0.508 e. The number of nitrogens with zero attached hydrogens (tertiary/aromatic N) is 1. The van der Waals surface area contributed by atoms with Crippen molar-refractivity contribution in [3.63, 3.8) is 0 Å². The minimum atomic E-state index is -0.633. The molecule has 5 rings (SSSR count). The number of carbonyl (C=O) groups excluding carboxylic acids is 2. The fourth-order valence-corrected chi connectivity index (χ4v) is 4.24. The molecule has 2 N–H and O–H groups in total. The van der Waals surface area contributed by atoms with E-state index in [-0.39, 0.29) is 24.1 Å². The number of hydrogen-bond donors (Lipinski definition) is 2. The van der Waals surface area contributed by atoms with Gasteiger partial charge in [0.2, 0.25) is 5.91 Å². The summed E-state index contributed by atoms with van der Waals surface area (Å²) in [7, 11) is 1.51. The van der Waals surface area contributed by atoms with Crippen molar-refractivity contribution >= 4 is 17.5 Å². The van der Waals surface area contributed by atoms with Crippen molar-refractivity contribution in [3.05, 3.63) is 82.9 Å². The number of rotatable bonds is 4. The maximum Gasteiger partial charge on any atom is 0.257 e. The van der Waals surface area contributed by atoms with Crippen molar-refractivity contribution in [2.24, 2.45) is 0 Å². The normalized spacial score (nSPS) is 16.9. The SMILES string of the molecule is COc1cc2c(cc1OCc1ccccc1)NC(=O)[C@@H]1Cc3ccc(O)cc3CN1C2=O. The van der Waals surface area contributed by atoms with Gasteiger partial charge in [-0.3, -0.25) is 9.59 Å². The van der Waals surface area contributed by atoms with Gasteiger partial charge in [-0.15, -0.1) is 0 Å². The Labute approximate surface area is 185 Å². The van der Waals surface area contributed by atoms with Crippen LogP contribution in [-0.2, 0) is 24.4 Å². The monoisotopic (exact) mass is 430 g/mol. The molecule has 3 aromatic rings. The van der Waals surface area contributed by atoms with E-state index in [2.05, 4.69) is 5.32 Å². The molecule has 0 aromatic heterocycles. The number of carbonyl (C=O) groups is 2. The number of aromatic hydroxyl groups is 1. The highest BCUT2D eigenvalue weighted by atomic mass is 16.5. The van der Waals surface area contributed by atoms with E-state index in [0.29, 0.717) is 35.8 Å². The molecule has 3 aromatic carbocycles. The van der Waals surface area contributed by atoms with E-state index in [1.165, 1.54) is 7.11 Å². The average molecular weight is 430 g/mol. The number of anilines is 1. The Morgan fingerprint density at radius 2 is 1.84 bits per heavy atom. The van der Waals surface area contributed by atoms with E-state index in [1.54, 1.807) is 35.2 Å². The Morgan fingerprint density at radius 1 is 1.03 bits per heavy atom. The number of phenols is 1. The summed E-state index contributed by atoms with van der Waals surface area (Å²) in [4.78, 5) is 28.0. The summed E-state index contributed by atoms with van der Waals surface area (Å²) in [5, 5.41) is 12.7. The predicted octanol–water partition coefficient (Wildman–Crippen LogP) is 3.50. The van der Waals surface area contributed by atoms with Crippen molar-refractivity contribution < 1.29 is 24.2 Å². The van der Waals surface area contributed by atoms with E-state index in [1.807, 2.05) is 30.3 Å². The van der Waals surface area contributed by atoms with Crippen LogP contribution in [0.4, 0.5) is 5.69 Å². The molecule has 0 saturated heterocycles. The van der Waals surface area contributed by atoms with Crippen LogP contribution in [0.3, 0.4) is 0 Å². The van der Waals surface area contributed by atoms with Gasteiger partial charge in [0.25, 0.3) is 5.91 Å². The molecule has 0 unspecified atom stereocenters. The number of fused-ring (bicyclic) bond motifs is 3.